The molecule has 1 atom stereocenters. The van der Waals surface area contributed by atoms with Gasteiger partial charge in [0.15, 0.2) is 0 Å². The summed E-state index contributed by atoms with van der Waals surface area (Å²) in [5.41, 5.74) is 0.964. The number of hydrogen-bond donors (Lipinski definition) is 1. The van der Waals surface area contributed by atoms with Gasteiger partial charge in [-0.2, -0.15) is 0 Å². The van der Waals surface area contributed by atoms with Gasteiger partial charge in [0.2, 0.25) is 0 Å². The molecular formula is C14H14BrNO2S. The molecule has 2 rings (SSSR count). The standard InChI is InChI=1S/C14H14BrNO2S/c1-9(10-5-3-4-6-12(10)18-2)16-14(17)13-11(15)7-8-19-13/h3-9H,1-2H3,(H,16,17). The molecule has 1 aromatic heterocycles. The van der Waals surface area contributed by atoms with E-state index in [0.717, 1.165) is 15.8 Å². The fourth-order valence-corrected chi connectivity index (χ4v) is 3.27. The highest BCUT2D eigenvalue weighted by Crippen LogP contribution is 2.26. The van der Waals surface area contributed by atoms with Gasteiger partial charge >= 0.3 is 0 Å². The number of halogens is 1. The zero-order chi connectivity index (χ0) is 13.8. The van der Waals surface area contributed by atoms with Gasteiger partial charge in [0.1, 0.15) is 10.6 Å². The maximum atomic E-state index is 12.1. The van der Waals surface area contributed by atoms with Crippen LogP contribution in [-0.4, -0.2) is 13.0 Å². The number of carbonyl (C=O) groups excluding carboxylic acids is 1. The largest absolute Gasteiger partial charge is 0.496 e. The molecule has 1 N–H and O–H groups in total. The minimum Gasteiger partial charge on any atom is -0.496 e. The van der Waals surface area contributed by atoms with Gasteiger partial charge in [0.25, 0.3) is 5.91 Å². The van der Waals surface area contributed by atoms with E-state index in [1.807, 2.05) is 42.6 Å². The fraction of sp³-hybridized carbons (Fsp3) is 0.214. The Morgan fingerprint density at radius 3 is 2.74 bits per heavy atom. The average Bonchev–Trinajstić information content (AvgIpc) is 2.85. The minimum atomic E-state index is -0.113. The van der Waals surface area contributed by atoms with Gasteiger partial charge in [-0.25, -0.2) is 0 Å². The molecule has 3 nitrogen and oxygen atoms in total. The van der Waals surface area contributed by atoms with Gasteiger partial charge in [-0.05, 0) is 40.4 Å². The van der Waals surface area contributed by atoms with Crippen LogP contribution in [0.1, 0.15) is 28.2 Å². The van der Waals surface area contributed by atoms with Gasteiger partial charge in [0, 0.05) is 10.0 Å². The summed E-state index contributed by atoms with van der Waals surface area (Å²) in [6.45, 7) is 1.94. The number of ether oxygens (including phenoxy) is 1. The van der Waals surface area contributed by atoms with E-state index >= 15 is 0 Å². The van der Waals surface area contributed by atoms with E-state index in [4.69, 9.17) is 4.74 Å². The van der Waals surface area contributed by atoms with Gasteiger partial charge in [-0.15, -0.1) is 11.3 Å². The fourth-order valence-electron chi connectivity index (χ4n) is 1.82. The van der Waals surface area contributed by atoms with E-state index < -0.39 is 0 Å². The first-order chi connectivity index (χ1) is 9.13. The van der Waals surface area contributed by atoms with Crippen molar-refractivity contribution in [1.29, 1.82) is 0 Å². The normalized spacial score (nSPS) is 11.9. The average molecular weight is 340 g/mol. The molecule has 100 valence electrons. The summed E-state index contributed by atoms with van der Waals surface area (Å²) in [4.78, 5) is 12.8. The van der Waals surface area contributed by atoms with Crippen molar-refractivity contribution in [2.75, 3.05) is 7.11 Å². The van der Waals surface area contributed by atoms with Crippen molar-refractivity contribution in [2.24, 2.45) is 0 Å². The monoisotopic (exact) mass is 339 g/mol. The molecule has 19 heavy (non-hydrogen) atoms. The highest BCUT2D eigenvalue weighted by Gasteiger charge is 2.17. The van der Waals surface area contributed by atoms with Gasteiger partial charge in [-0.3, -0.25) is 4.79 Å². The van der Waals surface area contributed by atoms with Crippen LogP contribution in [0, 0.1) is 0 Å². The SMILES string of the molecule is COc1ccccc1C(C)NC(=O)c1sccc1Br. The Hall–Kier alpha value is -1.33. The zero-order valence-corrected chi connectivity index (χ0v) is 13.0. The van der Waals surface area contributed by atoms with E-state index in [9.17, 15) is 4.79 Å². The van der Waals surface area contributed by atoms with Crippen LogP contribution in [0.4, 0.5) is 0 Å². The van der Waals surface area contributed by atoms with Crippen molar-refractivity contribution in [3.8, 4) is 5.75 Å². The van der Waals surface area contributed by atoms with E-state index in [0.29, 0.717) is 4.88 Å². The first-order valence-electron chi connectivity index (χ1n) is 5.80. The summed E-state index contributed by atoms with van der Waals surface area (Å²) >= 11 is 4.78. The van der Waals surface area contributed by atoms with Crippen molar-refractivity contribution < 1.29 is 9.53 Å². The Bertz CT molecular complexity index is 582. The van der Waals surface area contributed by atoms with Crippen molar-refractivity contribution >= 4 is 33.2 Å². The van der Waals surface area contributed by atoms with Crippen molar-refractivity contribution in [2.45, 2.75) is 13.0 Å². The van der Waals surface area contributed by atoms with Crippen LogP contribution in [0.2, 0.25) is 0 Å². The molecule has 1 unspecified atom stereocenters. The first-order valence-corrected chi connectivity index (χ1v) is 7.47. The molecule has 2 aromatic rings. The number of carbonyl (C=O) groups is 1. The summed E-state index contributed by atoms with van der Waals surface area (Å²) in [6.07, 6.45) is 0. The Morgan fingerprint density at radius 1 is 1.37 bits per heavy atom. The third-order valence-electron chi connectivity index (χ3n) is 2.78. The Labute approximate surface area is 124 Å². The Morgan fingerprint density at radius 2 is 2.11 bits per heavy atom. The van der Waals surface area contributed by atoms with Crippen molar-refractivity contribution in [3.05, 3.63) is 50.6 Å². The number of hydrogen-bond acceptors (Lipinski definition) is 3. The Balaban J connectivity index is 2.15. The summed E-state index contributed by atoms with van der Waals surface area (Å²) < 4.78 is 6.13. The second kappa shape index (κ2) is 6.21. The Kier molecular flexibility index (Phi) is 4.61. The number of methoxy groups -OCH3 is 1. The lowest BCUT2D eigenvalue weighted by molar-refractivity contribution is 0.0943. The lowest BCUT2D eigenvalue weighted by Crippen LogP contribution is -2.26. The molecule has 0 radical (unpaired) electrons. The van der Waals surface area contributed by atoms with Crippen LogP contribution in [0.15, 0.2) is 40.2 Å². The van der Waals surface area contributed by atoms with Crippen LogP contribution in [0.5, 0.6) is 5.75 Å². The molecule has 0 fully saturated rings. The summed E-state index contributed by atoms with van der Waals surface area (Å²) in [5.74, 6) is 0.695. The number of nitrogens with one attached hydrogen (secondary N) is 1. The first kappa shape index (κ1) is 14.1. The van der Waals surface area contributed by atoms with Gasteiger partial charge in [-0.1, -0.05) is 18.2 Å². The number of rotatable bonds is 4. The number of para-hydroxylation sites is 1. The zero-order valence-electron chi connectivity index (χ0n) is 10.6. The van der Waals surface area contributed by atoms with Crippen molar-refractivity contribution in [1.82, 2.24) is 5.32 Å². The molecule has 0 aliphatic rings. The van der Waals surface area contributed by atoms with Gasteiger partial charge < -0.3 is 10.1 Å². The van der Waals surface area contributed by atoms with E-state index in [1.165, 1.54) is 11.3 Å². The van der Waals surface area contributed by atoms with Crippen LogP contribution in [-0.2, 0) is 0 Å². The molecule has 0 aliphatic carbocycles. The predicted molar refractivity (Wildman–Crippen MR) is 80.9 cm³/mol. The lowest BCUT2D eigenvalue weighted by atomic mass is 10.1. The van der Waals surface area contributed by atoms with Crippen LogP contribution >= 0.6 is 27.3 Å². The highest BCUT2D eigenvalue weighted by molar-refractivity contribution is 9.10. The summed E-state index contributed by atoms with van der Waals surface area (Å²) in [6, 6.07) is 9.44. The molecule has 0 spiro atoms. The molecular weight excluding hydrogens is 326 g/mol. The number of benzene rings is 1. The van der Waals surface area contributed by atoms with Crippen LogP contribution < -0.4 is 10.1 Å². The van der Waals surface area contributed by atoms with E-state index in [-0.39, 0.29) is 11.9 Å². The second-order valence-electron chi connectivity index (χ2n) is 4.03. The molecule has 1 heterocycles. The van der Waals surface area contributed by atoms with E-state index in [1.54, 1.807) is 7.11 Å². The van der Waals surface area contributed by atoms with E-state index in [2.05, 4.69) is 21.2 Å². The van der Waals surface area contributed by atoms with Crippen LogP contribution in [0.3, 0.4) is 0 Å². The third kappa shape index (κ3) is 3.16. The quantitative estimate of drug-likeness (QED) is 0.913. The maximum Gasteiger partial charge on any atom is 0.262 e. The molecule has 0 bridgehead atoms. The molecule has 1 amide bonds. The van der Waals surface area contributed by atoms with Crippen LogP contribution in [0.25, 0.3) is 0 Å². The van der Waals surface area contributed by atoms with Crippen molar-refractivity contribution in [3.63, 3.8) is 0 Å². The lowest BCUT2D eigenvalue weighted by Gasteiger charge is -2.16. The highest BCUT2D eigenvalue weighted by atomic mass is 79.9. The molecule has 0 saturated heterocycles. The smallest absolute Gasteiger partial charge is 0.262 e. The third-order valence-corrected chi connectivity index (χ3v) is 4.61. The van der Waals surface area contributed by atoms with Gasteiger partial charge in [0.05, 0.1) is 13.2 Å². The summed E-state index contributed by atoms with van der Waals surface area (Å²) in [5, 5.41) is 4.86. The maximum absolute atomic E-state index is 12.1. The number of thiophene rings is 1. The molecule has 5 heteroatoms. The number of amides is 1. The topological polar surface area (TPSA) is 38.3 Å². The predicted octanol–water partition coefficient (Wildman–Crippen LogP) is 4.01. The second-order valence-corrected chi connectivity index (χ2v) is 5.81. The molecule has 0 aliphatic heterocycles. The molecule has 0 saturated carbocycles. The minimum absolute atomic E-state index is 0.0831. The molecule has 1 aromatic carbocycles. The summed E-state index contributed by atoms with van der Waals surface area (Å²) in [7, 11) is 1.63.